The van der Waals surface area contributed by atoms with Crippen molar-refractivity contribution in [3.63, 3.8) is 0 Å². The van der Waals surface area contributed by atoms with Crippen LogP contribution in [0.5, 0.6) is 5.75 Å². The summed E-state index contributed by atoms with van der Waals surface area (Å²) >= 11 is 0. The minimum Gasteiger partial charge on any atom is -0.496 e. The fraction of sp³-hybridized carbons (Fsp3) is 0.250. The number of ether oxygens (including phenoxy) is 1. The van der Waals surface area contributed by atoms with Crippen molar-refractivity contribution >= 4 is 5.70 Å². The number of allylic oxidation sites excluding steroid dienone is 1. The Hall–Kier alpha value is -1.95. The molecular weight excluding hydrogens is 188 g/mol. The van der Waals surface area contributed by atoms with Crippen molar-refractivity contribution in [1.82, 2.24) is 0 Å². The van der Waals surface area contributed by atoms with Crippen molar-refractivity contribution in [3.05, 3.63) is 34.9 Å². The van der Waals surface area contributed by atoms with E-state index in [1.165, 1.54) is 0 Å². The zero-order chi connectivity index (χ0) is 11.4. The fourth-order valence-corrected chi connectivity index (χ4v) is 1.26. The van der Waals surface area contributed by atoms with Gasteiger partial charge in [0.2, 0.25) is 0 Å². The molecule has 0 aromatic heterocycles. The van der Waals surface area contributed by atoms with Crippen LogP contribution in [0.15, 0.2) is 23.8 Å². The average Bonchev–Trinajstić information content (AvgIpc) is 2.27. The summed E-state index contributed by atoms with van der Waals surface area (Å²) in [7, 11) is 1.61. The van der Waals surface area contributed by atoms with Crippen LogP contribution in [0.1, 0.15) is 18.1 Å². The van der Waals surface area contributed by atoms with Gasteiger partial charge in [0, 0.05) is 11.1 Å². The number of hydrogen-bond acceptors (Lipinski definition) is 3. The highest BCUT2D eigenvalue weighted by molar-refractivity contribution is 5.69. The molecule has 0 aliphatic carbocycles. The van der Waals surface area contributed by atoms with Crippen LogP contribution in [0.3, 0.4) is 0 Å². The predicted molar refractivity (Wildman–Crippen MR) is 60.1 cm³/mol. The van der Waals surface area contributed by atoms with Crippen LogP contribution in [-0.4, -0.2) is 7.11 Å². The third kappa shape index (κ3) is 2.29. The van der Waals surface area contributed by atoms with Gasteiger partial charge in [0.15, 0.2) is 0 Å². The topological polar surface area (TPSA) is 59.0 Å². The first-order chi connectivity index (χ1) is 7.10. The molecule has 0 aliphatic rings. The molecular formula is C12H14N2O. The van der Waals surface area contributed by atoms with Gasteiger partial charge in [0.25, 0.3) is 0 Å². The van der Waals surface area contributed by atoms with Gasteiger partial charge < -0.3 is 10.5 Å². The lowest BCUT2D eigenvalue weighted by Gasteiger charge is -2.08. The number of aryl methyl sites for hydroxylation is 1. The summed E-state index contributed by atoms with van der Waals surface area (Å²) in [5.74, 6) is 0.779. The fourth-order valence-electron chi connectivity index (χ4n) is 1.26. The molecule has 0 atom stereocenters. The molecule has 3 heteroatoms. The van der Waals surface area contributed by atoms with Crippen LogP contribution in [0.4, 0.5) is 0 Å². The maximum Gasteiger partial charge on any atom is 0.122 e. The lowest BCUT2D eigenvalue weighted by Crippen LogP contribution is -2.00. The number of nitrogens with two attached hydrogens (primary N) is 1. The van der Waals surface area contributed by atoms with E-state index in [1.54, 1.807) is 14.0 Å². The lowest BCUT2D eigenvalue weighted by molar-refractivity contribution is 0.411. The summed E-state index contributed by atoms with van der Waals surface area (Å²) in [6.07, 6.45) is 0. The van der Waals surface area contributed by atoms with E-state index in [2.05, 4.69) is 0 Å². The third-order valence-electron chi connectivity index (χ3n) is 2.29. The number of nitrogens with zero attached hydrogens (tertiary/aromatic N) is 1. The minimum atomic E-state index is 0.496. The average molecular weight is 202 g/mol. The van der Waals surface area contributed by atoms with E-state index >= 15 is 0 Å². The van der Waals surface area contributed by atoms with Gasteiger partial charge in [-0.3, -0.25) is 0 Å². The highest BCUT2D eigenvalue weighted by Crippen LogP contribution is 2.22. The first-order valence-electron chi connectivity index (χ1n) is 4.61. The molecule has 0 fully saturated rings. The maximum atomic E-state index is 8.73. The Balaban J connectivity index is 3.24. The Labute approximate surface area is 89.8 Å². The van der Waals surface area contributed by atoms with E-state index in [0.29, 0.717) is 11.3 Å². The van der Waals surface area contributed by atoms with E-state index in [1.807, 2.05) is 31.2 Å². The molecule has 0 amide bonds. The van der Waals surface area contributed by atoms with E-state index in [-0.39, 0.29) is 0 Å². The molecule has 2 N–H and O–H groups in total. The molecule has 0 aliphatic heterocycles. The standard InChI is InChI=1S/C12H14N2O/c1-8-4-5-10(6-11(8)15-3)12(14)9(2)7-13/h4-6H,14H2,1-3H3/b12-9+. The second kappa shape index (κ2) is 4.52. The first-order valence-corrected chi connectivity index (χ1v) is 4.61. The van der Waals surface area contributed by atoms with Crippen molar-refractivity contribution in [2.45, 2.75) is 13.8 Å². The summed E-state index contributed by atoms with van der Waals surface area (Å²) < 4.78 is 5.19. The van der Waals surface area contributed by atoms with Gasteiger partial charge in [0.1, 0.15) is 5.75 Å². The Kier molecular flexibility index (Phi) is 3.35. The second-order valence-electron chi connectivity index (χ2n) is 3.33. The Morgan fingerprint density at radius 3 is 2.67 bits per heavy atom. The van der Waals surface area contributed by atoms with E-state index in [0.717, 1.165) is 16.9 Å². The molecule has 1 aromatic carbocycles. The highest BCUT2D eigenvalue weighted by atomic mass is 16.5. The number of benzene rings is 1. The second-order valence-corrected chi connectivity index (χ2v) is 3.33. The van der Waals surface area contributed by atoms with Crippen molar-refractivity contribution in [2.24, 2.45) is 5.73 Å². The zero-order valence-electron chi connectivity index (χ0n) is 9.16. The molecule has 0 bridgehead atoms. The van der Waals surface area contributed by atoms with Crippen LogP contribution in [-0.2, 0) is 0 Å². The molecule has 1 rings (SSSR count). The Bertz CT molecular complexity index is 441. The minimum absolute atomic E-state index is 0.496. The van der Waals surface area contributed by atoms with Crippen LogP contribution in [0, 0.1) is 18.3 Å². The number of methoxy groups -OCH3 is 1. The molecule has 0 saturated carbocycles. The quantitative estimate of drug-likeness (QED) is 0.748. The molecule has 0 unspecified atom stereocenters. The van der Waals surface area contributed by atoms with Crippen molar-refractivity contribution < 1.29 is 4.74 Å². The van der Waals surface area contributed by atoms with E-state index in [9.17, 15) is 0 Å². The Morgan fingerprint density at radius 2 is 2.13 bits per heavy atom. The molecule has 0 spiro atoms. The SMILES string of the molecule is COc1cc(/C(N)=C(/C)C#N)ccc1C. The first kappa shape index (κ1) is 11.1. The number of hydrogen-bond donors (Lipinski definition) is 1. The molecule has 1 aromatic rings. The van der Waals surface area contributed by atoms with Crippen molar-refractivity contribution in [2.75, 3.05) is 7.11 Å². The van der Waals surface area contributed by atoms with Gasteiger partial charge in [-0.25, -0.2) is 0 Å². The van der Waals surface area contributed by atoms with Gasteiger partial charge in [0.05, 0.1) is 18.9 Å². The molecule has 15 heavy (non-hydrogen) atoms. The highest BCUT2D eigenvalue weighted by Gasteiger charge is 2.04. The maximum absolute atomic E-state index is 8.73. The van der Waals surface area contributed by atoms with E-state index < -0.39 is 0 Å². The molecule has 0 saturated heterocycles. The van der Waals surface area contributed by atoms with Gasteiger partial charge in [-0.15, -0.1) is 0 Å². The summed E-state index contributed by atoms with van der Waals surface area (Å²) in [5, 5.41) is 8.73. The van der Waals surface area contributed by atoms with Crippen LogP contribution < -0.4 is 10.5 Å². The normalized spacial score (nSPS) is 11.6. The lowest BCUT2D eigenvalue weighted by atomic mass is 10.1. The summed E-state index contributed by atoms with van der Waals surface area (Å²) in [4.78, 5) is 0. The van der Waals surface area contributed by atoms with Gasteiger partial charge in [-0.05, 0) is 25.5 Å². The largest absolute Gasteiger partial charge is 0.496 e. The molecule has 0 radical (unpaired) electrons. The Morgan fingerprint density at radius 1 is 1.47 bits per heavy atom. The number of rotatable bonds is 2. The van der Waals surface area contributed by atoms with Gasteiger partial charge in [-0.2, -0.15) is 5.26 Å². The van der Waals surface area contributed by atoms with Crippen molar-refractivity contribution in [1.29, 1.82) is 5.26 Å². The van der Waals surface area contributed by atoms with Crippen molar-refractivity contribution in [3.8, 4) is 11.8 Å². The smallest absolute Gasteiger partial charge is 0.122 e. The van der Waals surface area contributed by atoms with Crippen LogP contribution >= 0.6 is 0 Å². The third-order valence-corrected chi connectivity index (χ3v) is 2.29. The monoisotopic (exact) mass is 202 g/mol. The van der Waals surface area contributed by atoms with E-state index in [4.69, 9.17) is 15.7 Å². The summed E-state index contributed by atoms with van der Waals surface area (Å²) in [6, 6.07) is 7.67. The molecule has 78 valence electrons. The van der Waals surface area contributed by atoms with Crippen LogP contribution in [0.2, 0.25) is 0 Å². The summed E-state index contributed by atoms with van der Waals surface area (Å²) in [5.41, 5.74) is 8.70. The zero-order valence-corrected chi connectivity index (χ0v) is 9.16. The molecule has 3 nitrogen and oxygen atoms in total. The summed E-state index contributed by atoms with van der Waals surface area (Å²) in [6.45, 7) is 3.65. The van der Waals surface area contributed by atoms with Gasteiger partial charge >= 0.3 is 0 Å². The van der Waals surface area contributed by atoms with Crippen LogP contribution in [0.25, 0.3) is 5.70 Å². The van der Waals surface area contributed by atoms with Gasteiger partial charge in [-0.1, -0.05) is 12.1 Å². The number of nitriles is 1. The molecule has 0 heterocycles. The predicted octanol–water partition coefficient (Wildman–Crippen LogP) is 2.22.